The fourth-order valence-electron chi connectivity index (χ4n) is 4.21. The van der Waals surface area contributed by atoms with Gasteiger partial charge in [-0.15, -0.1) is 0 Å². The number of H-pyrrole nitrogens is 1. The quantitative estimate of drug-likeness (QED) is 0.539. The molecule has 7 nitrogen and oxygen atoms in total. The summed E-state index contributed by atoms with van der Waals surface area (Å²) in [5.41, 5.74) is 4.16. The van der Waals surface area contributed by atoms with Crippen molar-refractivity contribution in [2.45, 2.75) is 25.8 Å². The number of imidazole rings is 1. The van der Waals surface area contributed by atoms with Crippen LogP contribution in [0.3, 0.4) is 0 Å². The van der Waals surface area contributed by atoms with Gasteiger partial charge in [0, 0.05) is 30.6 Å². The lowest BCUT2D eigenvalue weighted by Gasteiger charge is -2.24. The summed E-state index contributed by atoms with van der Waals surface area (Å²) < 4.78 is 5.32. The van der Waals surface area contributed by atoms with E-state index in [4.69, 9.17) is 9.72 Å². The second-order valence-electron chi connectivity index (χ2n) is 7.78. The highest BCUT2D eigenvalue weighted by molar-refractivity contribution is 6.00. The molecule has 2 aromatic heterocycles. The summed E-state index contributed by atoms with van der Waals surface area (Å²) in [5.74, 6) is 2.11. The van der Waals surface area contributed by atoms with Crippen LogP contribution in [-0.4, -0.2) is 44.4 Å². The van der Waals surface area contributed by atoms with Crippen LogP contribution in [0, 0.1) is 6.92 Å². The Morgan fingerprint density at radius 2 is 2.00 bits per heavy atom. The molecule has 1 saturated heterocycles. The number of ether oxygens (including phenoxy) is 1. The minimum absolute atomic E-state index is 0.0216. The summed E-state index contributed by atoms with van der Waals surface area (Å²) in [6, 6.07) is 13.3. The smallest absolute Gasteiger partial charge is 0.255 e. The first-order chi connectivity index (χ1) is 15.1. The normalized spacial score (nSPS) is 16.1. The van der Waals surface area contributed by atoms with E-state index in [-0.39, 0.29) is 11.9 Å². The Hall–Kier alpha value is -3.74. The predicted molar refractivity (Wildman–Crippen MR) is 118 cm³/mol. The van der Waals surface area contributed by atoms with E-state index >= 15 is 0 Å². The van der Waals surface area contributed by atoms with Crippen molar-refractivity contribution in [2.75, 3.05) is 13.7 Å². The molecule has 1 aliphatic heterocycles. The molecule has 1 amide bonds. The first-order valence-electron chi connectivity index (χ1n) is 10.4. The average molecular weight is 413 g/mol. The van der Waals surface area contributed by atoms with E-state index in [1.54, 1.807) is 25.6 Å². The van der Waals surface area contributed by atoms with Gasteiger partial charge in [0.05, 0.1) is 29.7 Å². The van der Waals surface area contributed by atoms with E-state index in [1.807, 2.05) is 48.2 Å². The number of hydrogen-bond donors (Lipinski definition) is 1. The van der Waals surface area contributed by atoms with Crippen LogP contribution >= 0.6 is 0 Å². The highest BCUT2D eigenvalue weighted by Gasteiger charge is 2.34. The number of nitrogens with zero attached hydrogens (tertiary/aromatic N) is 4. The zero-order chi connectivity index (χ0) is 21.4. The van der Waals surface area contributed by atoms with Gasteiger partial charge in [0.1, 0.15) is 11.6 Å². The minimum atomic E-state index is -0.101. The van der Waals surface area contributed by atoms with E-state index in [1.165, 1.54) is 0 Å². The number of likely N-dealkylation sites (tertiary alicyclic amines) is 1. The van der Waals surface area contributed by atoms with Crippen molar-refractivity contribution in [3.05, 3.63) is 71.8 Å². The predicted octanol–water partition coefficient (Wildman–Crippen LogP) is 4.31. The lowest BCUT2D eigenvalue weighted by Crippen LogP contribution is -2.31. The molecule has 7 heteroatoms. The maximum atomic E-state index is 13.7. The molecule has 5 rings (SSSR count). The number of hydrogen-bond acceptors (Lipinski definition) is 5. The molecular formula is C24H23N5O2. The Morgan fingerprint density at radius 3 is 2.81 bits per heavy atom. The van der Waals surface area contributed by atoms with Gasteiger partial charge in [0.15, 0.2) is 5.82 Å². The number of amides is 1. The van der Waals surface area contributed by atoms with Gasteiger partial charge in [-0.2, -0.15) is 0 Å². The van der Waals surface area contributed by atoms with Crippen LogP contribution in [-0.2, 0) is 0 Å². The van der Waals surface area contributed by atoms with Crippen molar-refractivity contribution in [3.8, 4) is 17.1 Å². The summed E-state index contributed by atoms with van der Waals surface area (Å²) in [4.78, 5) is 32.5. The molecule has 156 valence electrons. The van der Waals surface area contributed by atoms with E-state index in [2.05, 4.69) is 15.0 Å². The fourth-order valence-corrected chi connectivity index (χ4v) is 4.21. The van der Waals surface area contributed by atoms with Crippen molar-refractivity contribution < 1.29 is 9.53 Å². The molecule has 2 aromatic carbocycles. The maximum Gasteiger partial charge on any atom is 0.255 e. The number of nitrogens with one attached hydrogen (secondary N) is 1. The summed E-state index contributed by atoms with van der Waals surface area (Å²) >= 11 is 0. The Balaban J connectivity index is 1.52. The summed E-state index contributed by atoms with van der Waals surface area (Å²) in [5, 5.41) is 0. The lowest BCUT2D eigenvalue weighted by molar-refractivity contribution is 0.0731. The zero-order valence-corrected chi connectivity index (χ0v) is 17.5. The Morgan fingerprint density at radius 1 is 1.16 bits per heavy atom. The number of aryl methyl sites for hydroxylation is 1. The Bertz CT molecular complexity index is 1250. The number of fused-ring (bicyclic) bond motifs is 1. The molecule has 1 unspecified atom stereocenters. The van der Waals surface area contributed by atoms with Crippen LogP contribution in [0.25, 0.3) is 22.4 Å². The molecule has 1 N–H and O–H groups in total. The molecule has 4 aromatic rings. The van der Waals surface area contributed by atoms with Crippen LogP contribution in [0.2, 0.25) is 0 Å². The minimum Gasteiger partial charge on any atom is -0.497 e. The van der Waals surface area contributed by atoms with E-state index in [9.17, 15) is 4.79 Å². The monoisotopic (exact) mass is 413 g/mol. The number of aromatic nitrogens is 4. The average Bonchev–Trinajstić information content (AvgIpc) is 3.45. The molecule has 31 heavy (non-hydrogen) atoms. The highest BCUT2D eigenvalue weighted by atomic mass is 16.5. The molecule has 0 saturated carbocycles. The molecular weight excluding hydrogens is 390 g/mol. The fraction of sp³-hybridized carbons (Fsp3) is 0.250. The van der Waals surface area contributed by atoms with E-state index in [0.717, 1.165) is 46.6 Å². The van der Waals surface area contributed by atoms with Crippen LogP contribution < -0.4 is 4.74 Å². The Labute approximate surface area is 180 Å². The molecule has 1 atom stereocenters. The van der Waals surface area contributed by atoms with Crippen molar-refractivity contribution in [3.63, 3.8) is 0 Å². The topological polar surface area (TPSA) is 84.0 Å². The van der Waals surface area contributed by atoms with Gasteiger partial charge in [-0.1, -0.05) is 17.7 Å². The van der Waals surface area contributed by atoms with Crippen LogP contribution in [0.15, 0.2) is 54.9 Å². The van der Waals surface area contributed by atoms with Crippen LogP contribution in [0.4, 0.5) is 0 Å². The van der Waals surface area contributed by atoms with Crippen LogP contribution in [0.5, 0.6) is 5.75 Å². The van der Waals surface area contributed by atoms with Crippen molar-refractivity contribution in [1.82, 2.24) is 24.8 Å². The van der Waals surface area contributed by atoms with E-state index < -0.39 is 0 Å². The third kappa shape index (κ3) is 3.52. The van der Waals surface area contributed by atoms with Gasteiger partial charge >= 0.3 is 0 Å². The SMILES string of the molecule is COc1ccc2nc(C3CCCN3C(=O)c3cc(C)ccc3-c3ncccn3)[nH]c2c1. The van der Waals surface area contributed by atoms with Gasteiger partial charge in [-0.25, -0.2) is 15.0 Å². The molecule has 0 spiro atoms. The van der Waals surface area contributed by atoms with Crippen molar-refractivity contribution >= 4 is 16.9 Å². The molecule has 0 radical (unpaired) electrons. The molecule has 1 aliphatic rings. The number of carbonyl (C=O) groups is 1. The van der Waals surface area contributed by atoms with Crippen molar-refractivity contribution in [1.29, 1.82) is 0 Å². The number of rotatable bonds is 4. The van der Waals surface area contributed by atoms with Crippen LogP contribution in [0.1, 0.15) is 40.6 Å². The van der Waals surface area contributed by atoms with Gasteiger partial charge in [0.25, 0.3) is 5.91 Å². The number of aromatic amines is 1. The molecule has 0 bridgehead atoms. The maximum absolute atomic E-state index is 13.7. The number of carbonyl (C=O) groups excluding carboxylic acids is 1. The van der Waals surface area contributed by atoms with E-state index in [0.29, 0.717) is 17.9 Å². The first kappa shape index (κ1) is 19.2. The second-order valence-corrected chi connectivity index (χ2v) is 7.78. The van der Waals surface area contributed by atoms with Gasteiger partial charge < -0.3 is 14.6 Å². The summed E-state index contributed by atoms with van der Waals surface area (Å²) in [6.45, 7) is 2.67. The first-order valence-corrected chi connectivity index (χ1v) is 10.4. The summed E-state index contributed by atoms with van der Waals surface area (Å²) in [7, 11) is 1.64. The van der Waals surface area contributed by atoms with Gasteiger partial charge in [-0.3, -0.25) is 4.79 Å². The molecule has 1 fully saturated rings. The number of methoxy groups -OCH3 is 1. The third-order valence-corrected chi connectivity index (χ3v) is 5.75. The van der Waals surface area contributed by atoms with Crippen molar-refractivity contribution in [2.24, 2.45) is 0 Å². The zero-order valence-electron chi connectivity index (χ0n) is 17.5. The largest absolute Gasteiger partial charge is 0.497 e. The standard InChI is InChI=1S/C24H23N5O2/c1-15-6-8-17(22-25-10-4-11-26-22)18(13-15)24(30)29-12-3-5-21(29)23-27-19-9-7-16(31-2)14-20(19)28-23/h4,6-11,13-14,21H,3,5,12H2,1-2H3,(H,27,28). The molecule has 3 heterocycles. The highest BCUT2D eigenvalue weighted by Crippen LogP contribution is 2.35. The third-order valence-electron chi connectivity index (χ3n) is 5.75. The summed E-state index contributed by atoms with van der Waals surface area (Å²) in [6.07, 6.45) is 5.18. The lowest BCUT2D eigenvalue weighted by atomic mass is 10.0. The Kier molecular flexibility index (Phi) is 4.86. The van der Waals surface area contributed by atoms with Gasteiger partial charge in [-0.05, 0) is 44.0 Å². The second kappa shape index (κ2) is 7.83. The van der Waals surface area contributed by atoms with Gasteiger partial charge in [0.2, 0.25) is 0 Å². The number of benzene rings is 2. The molecule has 0 aliphatic carbocycles.